The average molecular weight is 254 g/mol. The molecule has 100 valence electrons. The fraction of sp³-hybridized carbons (Fsp3) is 0.545. The van der Waals surface area contributed by atoms with Crippen molar-refractivity contribution in [3.8, 4) is 0 Å². The molecule has 0 aliphatic heterocycles. The van der Waals surface area contributed by atoms with Gasteiger partial charge in [-0.15, -0.1) is 0 Å². The zero-order valence-corrected chi connectivity index (χ0v) is 10.8. The van der Waals surface area contributed by atoms with Gasteiger partial charge in [-0.1, -0.05) is 0 Å². The molecule has 0 aliphatic rings. The van der Waals surface area contributed by atoms with Crippen molar-refractivity contribution in [2.75, 3.05) is 33.7 Å². The number of aromatic nitrogens is 2. The second-order valence-electron chi connectivity index (χ2n) is 4.36. The maximum absolute atomic E-state index is 12.1. The number of likely N-dealkylation sites (N-methyl/N-ethyl adjacent to an activating group) is 1. The summed E-state index contributed by atoms with van der Waals surface area (Å²) in [5.41, 5.74) is 1.01. The summed E-state index contributed by atoms with van der Waals surface area (Å²) in [6, 6.07) is 1.60. The lowest BCUT2D eigenvalue weighted by molar-refractivity contribution is -0.137. The molecule has 0 radical (unpaired) electrons. The van der Waals surface area contributed by atoms with E-state index in [1.807, 2.05) is 19.0 Å². The molecule has 0 aromatic carbocycles. The van der Waals surface area contributed by atoms with E-state index in [1.165, 1.54) is 4.90 Å². The summed E-state index contributed by atoms with van der Waals surface area (Å²) in [5, 5.41) is 15.3. The molecule has 18 heavy (non-hydrogen) atoms. The van der Waals surface area contributed by atoms with Crippen LogP contribution in [0.2, 0.25) is 0 Å². The molecule has 7 nitrogen and oxygen atoms in total. The third-order valence-corrected chi connectivity index (χ3v) is 2.36. The molecule has 1 amide bonds. The quantitative estimate of drug-likeness (QED) is 0.734. The van der Waals surface area contributed by atoms with E-state index in [-0.39, 0.29) is 18.1 Å². The van der Waals surface area contributed by atoms with Crippen LogP contribution in [0.3, 0.4) is 0 Å². The first-order chi connectivity index (χ1) is 8.40. The molecule has 0 atom stereocenters. The highest BCUT2D eigenvalue weighted by atomic mass is 16.4. The first-order valence-electron chi connectivity index (χ1n) is 5.58. The molecule has 1 rings (SSSR count). The van der Waals surface area contributed by atoms with Gasteiger partial charge in [-0.05, 0) is 27.1 Å². The van der Waals surface area contributed by atoms with Gasteiger partial charge in [0.05, 0.1) is 0 Å². The van der Waals surface area contributed by atoms with Crippen LogP contribution in [0.1, 0.15) is 16.2 Å². The number of H-pyrrole nitrogens is 1. The normalized spacial score (nSPS) is 10.7. The zero-order chi connectivity index (χ0) is 13.7. The summed E-state index contributed by atoms with van der Waals surface area (Å²) in [4.78, 5) is 26.0. The Balaban J connectivity index is 2.75. The summed E-state index contributed by atoms with van der Waals surface area (Å²) in [5.74, 6) is -1.40. The number of carbonyl (C=O) groups excluding carboxylic acids is 1. The van der Waals surface area contributed by atoms with Crippen molar-refractivity contribution in [2.45, 2.75) is 6.92 Å². The van der Waals surface area contributed by atoms with Gasteiger partial charge < -0.3 is 14.9 Å². The van der Waals surface area contributed by atoms with Crippen LogP contribution in [0, 0.1) is 6.92 Å². The second-order valence-corrected chi connectivity index (χ2v) is 4.36. The predicted molar refractivity (Wildman–Crippen MR) is 65.4 cm³/mol. The van der Waals surface area contributed by atoms with Crippen LogP contribution in [0.25, 0.3) is 0 Å². The molecule has 1 aromatic heterocycles. The Kier molecular flexibility index (Phi) is 4.85. The number of nitrogens with one attached hydrogen (secondary N) is 1. The van der Waals surface area contributed by atoms with Crippen molar-refractivity contribution in [3.63, 3.8) is 0 Å². The first-order valence-corrected chi connectivity index (χ1v) is 5.58. The summed E-state index contributed by atoms with van der Waals surface area (Å²) in [7, 11) is 3.73. The number of carboxylic acids is 1. The number of rotatable bonds is 6. The van der Waals surface area contributed by atoms with E-state index >= 15 is 0 Å². The van der Waals surface area contributed by atoms with Crippen molar-refractivity contribution in [2.24, 2.45) is 0 Å². The number of aliphatic carboxylic acids is 1. The van der Waals surface area contributed by atoms with Crippen LogP contribution < -0.4 is 0 Å². The molecule has 0 saturated carbocycles. The van der Waals surface area contributed by atoms with E-state index in [0.717, 1.165) is 5.69 Å². The van der Waals surface area contributed by atoms with Gasteiger partial charge in [0.25, 0.3) is 5.91 Å². The highest BCUT2D eigenvalue weighted by molar-refractivity contribution is 5.94. The van der Waals surface area contributed by atoms with Gasteiger partial charge >= 0.3 is 5.97 Å². The highest BCUT2D eigenvalue weighted by Crippen LogP contribution is 2.03. The number of aryl methyl sites for hydroxylation is 1. The number of carbonyl (C=O) groups is 2. The maximum atomic E-state index is 12.1. The second kappa shape index (κ2) is 6.15. The maximum Gasteiger partial charge on any atom is 0.323 e. The summed E-state index contributed by atoms with van der Waals surface area (Å²) >= 11 is 0. The molecule has 1 heterocycles. The van der Waals surface area contributed by atoms with Crippen LogP contribution >= 0.6 is 0 Å². The molecule has 0 aliphatic carbocycles. The predicted octanol–water partition coefficient (Wildman–Crippen LogP) is -0.193. The van der Waals surface area contributed by atoms with E-state index < -0.39 is 5.97 Å². The van der Waals surface area contributed by atoms with Crippen LogP contribution in [0.15, 0.2) is 6.07 Å². The molecule has 1 aromatic rings. The minimum atomic E-state index is -1.03. The molecular weight excluding hydrogens is 236 g/mol. The Morgan fingerprint density at radius 1 is 1.39 bits per heavy atom. The van der Waals surface area contributed by atoms with E-state index in [0.29, 0.717) is 13.1 Å². The molecule has 2 N–H and O–H groups in total. The molecule has 7 heteroatoms. The topological polar surface area (TPSA) is 89.5 Å². The number of hydrogen-bond acceptors (Lipinski definition) is 4. The van der Waals surface area contributed by atoms with Crippen LogP contribution in [-0.2, 0) is 4.79 Å². The molecule has 0 bridgehead atoms. The molecule has 0 saturated heterocycles. The molecule has 0 spiro atoms. The highest BCUT2D eigenvalue weighted by Gasteiger charge is 2.20. The first kappa shape index (κ1) is 14.2. The lowest BCUT2D eigenvalue weighted by Crippen LogP contribution is -2.40. The monoisotopic (exact) mass is 254 g/mol. The van der Waals surface area contributed by atoms with Gasteiger partial charge in [0.1, 0.15) is 12.2 Å². The SMILES string of the molecule is Cc1cc(C(=O)N(CCN(C)C)CC(=O)O)n[nH]1. The fourth-order valence-corrected chi connectivity index (χ4v) is 1.43. The van der Waals surface area contributed by atoms with Gasteiger partial charge in [-0.2, -0.15) is 5.10 Å². The Labute approximate surface area is 105 Å². The number of hydrogen-bond donors (Lipinski definition) is 2. The summed E-state index contributed by atoms with van der Waals surface area (Å²) in [6.45, 7) is 2.41. The zero-order valence-electron chi connectivity index (χ0n) is 10.8. The van der Waals surface area contributed by atoms with Crippen molar-refractivity contribution < 1.29 is 14.7 Å². The third-order valence-electron chi connectivity index (χ3n) is 2.36. The van der Waals surface area contributed by atoms with Gasteiger partial charge in [0, 0.05) is 18.8 Å². The minimum Gasteiger partial charge on any atom is -0.480 e. The van der Waals surface area contributed by atoms with E-state index in [9.17, 15) is 9.59 Å². The Morgan fingerprint density at radius 3 is 2.50 bits per heavy atom. The summed E-state index contributed by atoms with van der Waals surface area (Å²) in [6.07, 6.45) is 0. The standard InChI is InChI=1S/C11H18N4O3/c1-8-6-9(13-12-8)11(18)15(7-10(16)17)5-4-14(2)3/h6H,4-5,7H2,1-3H3,(H,12,13)(H,16,17). The van der Waals surface area contributed by atoms with E-state index in [4.69, 9.17) is 5.11 Å². The Hall–Kier alpha value is -1.89. The number of amides is 1. The van der Waals surface area contributed by atoms with Gasteiger partial charge in [0.15, 0.2) is 0 Å². The Bertz CT molecular complexity index is 428. The van der Waals surface area contributed by atoms with Gasteiger partial charge in [-0.3, -0.25) is 14.7 Å². The van der Waals surface area contributed by atoms with Crippen molar-refractivity contribution >= 4 is 11.9 Å². The number of nitrogens with zero attached hydrogens (tertiary/aromatic N) is 3. The van der Waals surface area contributed by atoms with Crippen molar-refractivity contribution in [1.29, 1.82) is 0 Å². The fourth-order valence-electron chi connectivity index (χ4n) is 1.43. The van der Waals surface area contributed by atoms with E-state index in [2.05, 4.69) is 10.2 Å². The van der Waals surface area contributed by atoms with Crippen LogP contribution in [0.4, 0.5) is 0 Å². The summed E-state index contributed by atoms with van der Waals surface area (Å²) < 4.78 is 0. The number of aromatic amines is 1. The average Bonchev–Trinajstić information content (AvgIpc) is 2.69. The van der Waals surface area contributed by atoms with Gasteiger partial charge in [-0.25, -0.2) is 0 Å². The van der Waals surface area contributed by atoms with Gasteiger partial charge in [0.2, 0.25) is 0 Å². The van der Waals surface area contributed by atoms with Crippen molar-refractivity contribution in [3.05, 3.63) is 17.5 Å². The molecule has 0 unspecified atom stereocenters. The van der Waals surface area contributed by atoms with E-state index in [1.54, 1.807) is 13.0 Å². The third kappa shape index (κ3) is 4.17. The molecular formula is C11H18N4O3. The molecule has 0 fully saturated rings. The largest absolute Gasteiger partial charge is 0.480 e. The van der Waals surface area contributed by atoms with Crippen LogP contribution in [-0.4, -0.2) is 70.7 Å². The Morgan fingerprint density at radius 2 is 2.06 bits per heavy atom. The number of carboxylic acid groups (broad SMARTS) is 1. The van der Waals surface area contributed by atoms with Crippen LogP contribution in [0.5, 0.6) is 0 Å². The lowest BCUT2D eigenvalue weighted by Gasteiger charge is -2.21. The minimum absolute atomic E-state index is 0.243. The van der Waals surface area contributed by atoms with Crippen molar-refractivity contribution in [1.82, 2.24) is 20.0 Å². The smallest absolute Gasteiger partial charge is 0.323 e. The lowest BCUT2D eigenvalue weighted by atomic mass is 10.3.